The molecule has 0 aliphatic carbocycles. The van der Waals surface area contributed by atoms with Gasteiger partial charge in [-0.15, -0.1) is 0 Å². The average molecular weight is 869 g/mol. The van der Waals surface area contributed by atoms with E-state index >= 15 is 0 Å². The van der Waals surface area contributed by atoms with Gasteiger partial charge in [0.25, 0.3) is 0 Å². The molecule has 0 bridgehead atoms. The highest BCUT2D eigenvalue weighted by Crippen LogP contribution is 2.11. The molecule has 0 N–H and O–H groups in total. The minimum Gasteiger partial charge on any atom is -0.462 e. The molecule has 0 saturated heterocycles. The van der Waals surface area contributed by atoms with Gasteiger partial charge < -0.3 is 14.2 Å². The van der Waals surface area contributed by atoms with Crippen LogP contribution in [0, 0.1) is 0 Å². The summed E-state index contributed by atoms with van der Waals surface area (Å²) in [5.41, 5.74) is 0. The largest absolute Gasteiger partial charge is 0.462 e. The van der Waals surface area contributed by atoms with E-state index in [2.05, 4.69) is 130 Å². The monoisotopic (exact) mass is 869 g/mol. The first kappa shape index (κ1) is 58.6. The van der Waals surface area contributed by atoms with Crippen molar-refractivity contribution in [2.24, 2.45) is 0 Å². The van der Waals surface area contributed by atoms with E-state index in [1.807, 2.05) is 24.3 Å². The molecule has 0 aromatic heterocycles. The van der Waals surface area contributed by atoms with E-state index in [1.165, 1.54) is 38.5 Å². The Morgan fingerprint density at radius 3 is 1.21 bits per heavy atom. The molecule has 1 unspecified atom stereocenters. The predicted octanol–water partition coefficient (Wildman–Crippen LogP) is 16.3. The summed E-state index contributed by atoms with van der Waals surface area (Å²) in [6.45, 7) is 6.21. The van der Waals surface area contributed by atoms with Gasteiger partial charge in [0.2, 0.25) is 0 Å². The molecule has 0 aliphatic heterocycles. The van der Waals surface area contributed by atoms with Crippen molar-refractivity contribution in [3.8, 4) is 0 Å². The van der Waals surface area contributed by atoms with Gasteiger partial charge in [-0.3, -0.25) is 14.4 Å². The van der Waals surface area contributed by atoms with Gasteiger partial charge in [-0.1, -0.05) is 206 Å². The van der Waals surface area contributed by atoms with Crippen molar-refractivity contribution in [3.05, 3.63) is 134 Å². The lowest BCUT2D eigenvalue weighted by Crippen LogP contribution is -2.30. The van der Waals surface area contributed by atoms with E-state index in [0.717, 1.165) is 96.3 Å². The topological polar surface area (TPSA) is 78.9 Å². The number of hydrogen-bond acceptors (Lipinski definition) is 6. The summed E-state index contributed by atoms with van der Waals surface area (Å²) >= 11 is 0. The third-order valence-electron chi connectivity index (χ3n) is 9.71. The fraction of sp³-hybridized carbons (Fsp3) is 0.561. The summed E-state index contributed by atoms with van der Waals surface area (Å²) in [5.74, 6) is -1.13. The van der Waals surface area contributed by atoms with Crippen LogP contribution in [0.1, 0.15) is 188 Å². The predicted molar refractivity (Wildman–Crippen MR) is 269 cm³/mol. The Morgan fingerprint density at radius 2 is 0.730 bits per heavy atom. The van der Waals surface area contributed by atoms with Crippen molar-refractivity contribution < 1.29 is 28.6 Å². The normalized spacial score (nSPS) is 13.3. The van der Waals surface area contributed by atoms with Gasteiger partial charge in [-0.05, 0) is 96.3 Å². The van der Waals surface area contributed by atoms with Crippen LogP contribution >= 0.6 is 0 Å². The van der Waals surface area contributed by atoms with E-state index in [1.54, 1.807) is 0 Å². The van der Waals surface area contributed by atoms with E-state index in [-0.39, 0.29) is 50.4 Å². The van der Waals surface area contributed by atoms with Crippen molar-refractivity contribution in [3.63, 3.8) is 0 Å². The minimum absolute atomic E-state index is 0.145. The van der Waals surface area contributed by atoms with Gasteiger partial charge >= 0.3 is 17.9 Å². The molecule has 0 amide bonds. The molecule has 6 nitrogen and oxygen atoms in total. The molecule has 1 atom stereocenters. The summed E-state index contributed by atoms with van der Waals surface area (Å²) in [6.07, 6.45) is 70.3. The van der Waals surface area contributed by atoms with Crippen LogP contribution in [0.2, 0.25) is 0 Å². The highest BCUT2D eigenvalue weighted by atomic mass is 16.6. The molecule has 0 aliphatic rings. The number of unbranched alkanes of at least 4 members (excludes halogenated alkanes) is 11. The molecule has 0 saturated carbocycles. The molecule has 63 heavy (non-hydrogen) atoms. The van der Waals surface area contributed by atoms with Crippen molar-refractivity contribution in [2.45, 2.75) is 194 Å². The van der Waals surface area contributed by atoms with Crippen molar-refractivity contribution in [1.82, 2.24) is 0 Å². The Bertz CT molecular complexity index is 1420. The number of esters is 3. The molecular weight excluding hydrogens is 781 g/mol. The van der Waals surface area contributed by atoms with Crippen LogP contribution in [0.3, 0.4) is 0 Å². The first-order chi connectivity index (χ1) is 31.0. The Morgan fingerprint density at radius 1 is 0.349 bits per heavy atom. The number of carbonyl (C=O) groups is 3. The van der Waals surface area contributed by atoms with Gasteiger partial charge in [0, 0.05) is 19.3 Å². The standard InChI is InChI=1S/C57H88O6/c1-4-7-10-13-16-19-22-25-26-27-28-29-30-33-35-38-41-44-47-50-56(59)62-53-54(63-57(60)51-48-45-42-39-36-32-24-21-18-15-12-9-6-3)52-61-55(58)49-46-43-40-37-34-31-23-20-17-14-11-8-5-2/h7,9-10,12,15-16,18-19,21,24-26,28-29,31,33-35,40-41,43-44,54H,4-6,8,11,13-14,17,20,22-23,27,30,32,36-39,42,45-53H2,1-3H3/b10-7+,12-9+,18-15+,19-16+,24-21+,26-25+,29-28+,34-31+,35-33+,43-40+,44-41+. The average Bonchev–Trinajstić information content (AvgIpc) is 3.28. The third kappa shape index (κ3) is 48.4. The summed E-state index contributed by atoms with van der Waals surface area (Å²) in [5, 5.41) is 0. The quantitative estimate of drug-likeness (QED) is 0.0200. The molecule has 0 rings (SSSR count). The van der Waals surface area contributed by atoms with Gasteiger partial charge in [0.15, 0.2) is 6.10 Å². The van der Waals surface area contributed by atoms with Gasteiger partial charge in [-0.2, -0.15) is 0 Å². The van der Waals surface area contributed by atoms with Gasteiger partial charge in [-0.25, -0.2) is 0 Å². The minimum atomic E-state index is -0.845. The number of allylic oxidation sites excluding steroid dienone is 22. The van der Waals surface area contributed by atoms with Crippen LogP contribution < -0.4 is 0 Å². The first-order valence-corrected chi connectivity index (χ1v) is 24.7. The van der Waals surface area contributed by atoms with Gasteiger partial charge in [0.1, 0.15) is 13.2 Å². The second kappa shape index (κ2) is 50.2. The molecule has 352 valence electrons. The first-order valence-electron chi connectivity index (χ1n) is 24.7. The maximum atomic E-state index is 12.8. The van der Waals surface area contributed by atoms with Crippen molar-refractivity contribution >= 4 is 17.9 Å². The summed E-state index contributed by atoms with van der Waals surface area (Å²) in [6, 6.07) is 0. The number of ether oxygens (including phenoxy) is 3. The van der Waals surface area contributed by atoms with E-state index in [9.17, 15) is 14.4 Å². The van der Waals surface area contributed by atoms with Crippen molar-refractivity contribution in [1.29, 1.82) is 0 Å². The molecule has 0 fully saturated rings. The smallest absolute Gasteiger partial charge is 0.306 e. The highest BCUT2D eigenvalue weighted by Gasteiger charge is 2.19. The Kier molecular flexibility index (Phi) is 46.7. The van der Waals surface area contributed by atoms with Crippen LogP contribution in [-0.4, -0.2) is 37.2 Å². The summed E-state index contributed by atoms with van der Waals surface area (Å²) in [4.78, 5) is 37.8. The van der Waals surface area contributed by atoms with Crippen LogP contribution in [0.4, 0.5) is 0 Å². The maximum Gasteiger partial charge on any atom is 0.306 e. The number of hydrogen-bond donors (Lipinski definition) is 0. The van der Waals surface area contributed by atoms with Gasteiger partial charge in [0.05, 0.1) is 0 Å². The van der Waals surface area contributed by atoms with Crippen LogP contribution in [0.25, 0.3) is 0 Å². The van der Waals surface area contributed by atoms with Crippen LogP contribution in [0.15, 0.2) is 134 Å². The zero-order chi connectivity index (χ0) is 45.8. The SMILES string of the molecule is CC/C=C/C=C/C=C/CCCCCCCC(=O)OC(COC(=O)CC/C=C/C/C=C/C/C=C/C/C=C/C/C=C/C/C=C/CC)COC(=O)CC/C=C/C/C=C/CCCCCCCC. The lowest BCUT2D eigenvalue weighted by Gasteiger charge is -2.18. The van der Waals surface area contributed by atoms with Crippen molar-refractivity contribution in [2.75, 3.05) is 13.2 Å². The van der Waals surface area contributed by atoms with E-state index in [0.29, 0.717) is 12.8 Å². The van der Waals surface area contributed by atoms with E-state index < -0.39 is 6.10 Å². The number of rotatable bonds is 42. The van der Waals surface area contributed by atoms with Crippen LogP contribution in [0.5, 0.6) is 0 Å². The Hall–Kier alpha value is -4.45. The summed E-state index contributed by atoms with van der Waals surface area (Å²) < 4.78 is 16.6. The highest BCUT2D eigenvalue weighted by molar-refractivity contribution is 5.71. The molecule has 0 aromatic rings. The Balaban J connectivity index is 4.61. The Labute approximate surface area is 385 Å². The van der Waals surface area contributed by atoms with Crippen LogP contribution in [-0.2, 0) is 28.6 Å². The molecule has 0 radical (unpaired) electrons. The molecule has 0 heterocycles. The lowest BCUT2D eigenvalue weighted by atomic mass is 10.1. The van der Waals surface area contributed by atoms with E-state index in [4.69, 9.17) is 14.2 Å². The second-order valence-corrected chi connectivity index (χ2v) is 15.7. The summed E-state index contributed by atoms with van der Waals surface area (Å²) in [7, 11) is 0. The zero-order valence-corrected chi connectivity index (χ0v) is 40.0. The molecule has 6 heteroatoms. The zero-order valence-electron chi connectivity index (χ0n) is 40.0. The third-order valence-corrected chi connectivity index (χ3v) is 9.71. The molecule has 0 aromatic carbocycles. The second-order valence-electron chi connectivity index (χ2n) is 15.7. The lowest BCUT2D eigenvalue weighted by molar-refractivity contribution is -0.166. The number of carbonyl (C=O) groups excluding carboxylic acids is 3. The molecule has 0 spiro atoms. The maximum absolute atomic E-state index is 12.8. The molecular formula is C57H88O6. The fourth-order valence-corrected chi connectivity index (χ4v) is 6.05. The fourth-order valence-electron chi connectivity index (χ4n) is 6.05.